The lowest BCUT2D eigenvalue weighted by atomic mass is 10.2. The Labute approximate surface area is 210 Å². The number of para-hydroxylation sites is 1. The van der Waals surface area contributed by atoms with E-state index in [0.717, 1.165) is 50.7 Å². The maximum Gasteiger partial charge on any atom is 0.242 e. The molecule has 0 aromatic heterocycles. The van der Waals surface area contributed by atoms with Crippen LogP contribution in [0.4, 0.5) is 0 Å². The molecule has 1 aromatic rings. The van der Waals surface area contributed by atoms with Crippen LogP contribution in [0.3, 0.4) is 0 Å². The number of hydrogen-bond donors (Lipinski definition) is 1. The van der Waals surface area contributed by atoms with Crippen molar-refractivity contribution in [1.29, 1.82) is 0 Å². The van der Waals surface area contributed by atoms with Gasteiger partial charge in [-0.25, -0.2) is 4.99 Å². The summed E-state index contributed by atoms with van der Waals surface area (Å²) in [7, 11) is 1.90. The minimum atomic E-state index is 0. The number of guanidine groups is 1. The van der Waals surface area contributed by atoms with Crippen LogP contribution in [0.2, 0.25) is 0 Å². The van der Waals surface area contributed by atoms with Gasteiger partial charge in [0.15, 0.2) is 5.96 Å². The molecular weight excluding hydrogens is 521 g/mol. The zero-order valence-electron chi connectivity index (χ0n) is 20.0. The van der Waals surface area contributed by atoms with Crippen molar-refractivity contribution >= 4 is 35.8 Å². The van der Waals surface area contributed by atoms with Crippen LogP contribution in [0.15, 0.2) is 29.3 Å². The van der Waals surface area contributed by atoms with Crippen molar-refractivity contribution in [3.63, 3.8) is 0 Å². The molecule has 0 aliphatic carbocycles. The Morgan fingerprint density at radius 3 is 2.53 bits per heavy atom. The van der Waals surface area contributed by atoms with Crippen molar-refractivity contribution in [1.82, 2.24) is 20.0 Å². The average molecular weight is 562 g/mol. The normalized spacial score (nSPS) is 14.4. The molecule has 2 rings (SSSR count). The highest BCUT2D eigenvalue weighted by Gasteiger charge is 2.15. The molecule has 0 spiro atoms. The number of likely N-dealkylation sites (N-methyl/N-ethyl adjacent to an activating group) is 2. The molecule has 1 amide bonds. The standard InChI is InChI=1S/C23H39N5O3.HI/c1-5-24-23(26(4)19-22(29)28(6-2)7-3)25-18-20-10-8-9-11-21(20)31-17-14-27-12-15-30-16-13-27;/h8-11H,5-7,12-19H2,1-4H3,(H,24,25);1H. The van der Waals surface area contributed by atoms with Gasteiger partial charge < -0.3 is 24.6 Å². The first-order chi connectivity index (χ1) is 15.1. The molecule has 182 valence electrons. The summed E-state index contributed by atoms with van der Waals surface area (Å²) < 4.78 is 11.5. The van der Waals surface area contributed by atoms with Gasteiger partial charge in [0.2, 0.25) is 5.91 Å². The highest BCUT2D eigenvalue weighted by Crippen LogP contribution is 2.19. The van der Waals surface area contributed by atoms with Crippen molar-refractivity contribution in [2.75, 3.05) is 72.7 Å². The molecule has 0 bridgehead atoms. The summed E-state index contributed by atoms with van der Waals surface area (Å²) in [6.45, 7) is 14.0. The first-order valence-corrected chi connectivity index (χ1v) is 11.4. The number of hydrogen-bond acceptors (Lipinski definition) is 5. The minimum absolute atomic E-state index is 0. The number of morpholine rings is 1. The predicted molar refractivity (Wildman–Crippen MR) is 140 cm³/mol. The van der Waals surface area contributed by atoms with E-state index in [0.29, 0.717) is 38.7 Å². The van der Waals surface area contributed by atoms with Gasteiger partial charge in [-0.15, -0.1) is 24.0 Å². The van der Waals surface area contributed by atoms with Crippen LogP contribution in [-0.2, 0) is 16.1 Å². The number of halogens is 1. The number of amides is 1. The largest absolute Gasteiger partial charge is 0.492 e. The minimum Gasteiger partial charge on any atom is -0.492 e. The van der Waals surface area contributed by atoms with Crippen LogP contribution in [-0.4, -0.2) is 99.2 Å². The molecule has 0 saturated carbocycles. The van der Waals surface area contributed by atoms with Crippen molar-refractivity contribution in [2.24, 2.45) is 4.99 Å². The van der Waals surface area contributed by atoms with Gasteiger partial charge in [0.05, 0.1) is 26.3 Å². The molecule has 1 aliphatic rings. The summed E-state index contributed by atoms with van der Waals surface area (Å²) in [5, 5.41) is 3.28. The Hall–Kier alpha value is -1.59. The molecule has 8 nitrogen and oxygen atoms in total. The third-order valence-electron chi connectivity index (χ3n) is 5.33. The fraction of sp³-hybridized carbons (Fsp3) is 0.652. The summed E-state index contributed by atoms with van der Waals surface area (Å²) >= 11 is 0. The molecule has 1 aliphatic heterocycles. The second-order valence-electron chi connectivity index (χ2n) is 7.50. The summed E-state index contributed by atoms with van der Waals surface area (Å²) in [6.07, 6.45) is 0. The number of carbonyl (C=O) groups excluding carboxylic acids is 1. The Bertz CT molecular complexity index is 694. The lowest BCUT2D eigenvalue weighted by molar-refractivity contribution is -0.131. The van der Waals surface area contributed by atoms with E-state index in [1.807, 2.05) is 61.9 Å². The molecule has 1 saturated heterocycles. The number of nitrogens with one attached hydrogen (secondary N) is 1. The Kier molecular flexibility index (Phi) is 14.3. The predicted octanol–water partition coefficient (Wildman–Crippen LogP) is 2.28. The van der Waals surface area contributed by atoms with E-state index >= 15 is 0 Å². The lowest BCUT2D eigenvalue weighted by Gasteiger charge is -2.26. The summed E-state index contributed by atoms with van der Waals surface area (Å²) in [5.74, 6) is 1.67. The number of rotatable bonds is 11. The van der Waals surface area contributed by atoms with Gasteiger partial charge in [-0.1, -0.05) is 18.2 Å². The fourth-order valence-corrected chi connectivity index (χ4v) is 3.47. The van der Waals surface area contributed by atoms with Crippen molar-refractivity contribution in [3.05, 3.63) is 29.8 Å². The molecule has 1 aromatic carbocycles. The molecule has 32 heavy (non-hydrogen) atoms. The van der Waals surface area contributed by atoms with Crippen molar-refractivity contribution in [3.8, 4) is 5.75 Å². The van der Waals surface area contributed by atoms with Crippen LogP contribution in [0.5, 0.6) is 5.75 Å². The maximum atomic E-state index is 12.5. The van der Waals surface area contributed by atoms with Crippen LogP contribution >= 0.6 is 24.0 Å². The lowest BCUT2D eigenvalue weighted by Crippen LogP contribution is -2.45. The highest BCUT2D eigenvalue weighted by molar-refractivity contribution is 14.0. The summed E-state index contributed by atoms with van der Waals surface area (Å²) in [6, 6.07) is 8.01. The van der Waals surface area contributed by atoms with E-state index in [2.05, 4.69) is 10.2 Å². The van der Waals surface area contributed by atoms with Crippen LogP contribution in [0.25, 0.3) is 0 Å². The molecule has 9 heteroatoms. The zero-order chi connectivity index (χ0) is 22.5. The van der Waals surface area contributed by atoms with Crippen LogP contribution in [0.1, 0.15) is 26.3 Å². The number of aliphatic imine (C=N–C) groups is 1. The van der Waals surface area contributed by atoms with E-state index in [9.17, 15) is 4.79 Å². The Morgan fingerprint density at radius 2 is 1.88 bits per heavy atom. The van der Waals surface area contributed by atoms with Gasteiger partial charge in [0.25, 0.3) is 0 Å². The molecule has 1 fully saturated rings. The zero-order valence-corrected chi connectivity index (χ0v) is 22.3. The third kappa shape index (κ3) is 9.50. The van der Waals surface area contributed by atoms with E-state index in [4.69, 9.17) is 14.5 Å². The van der Waals surface area contributed by atoms with E-state index in [-0.39, 0.29) is 29.9 Å². The third-order valence-corrected chi connectivity index (χ3v) is 5.33. The maximum absolute atomic E-state index is 12.5. The Morgan fingerprint density at radius 1 is 1.19 bits per heavy atom. The number of ether oxygens (including phenoxy) is 2. The van der Waals surface area contributed by atoms with Gasteiger partial charge >= 0.3 is 0 Å². The molecule has 0 atom stereocenters. The second-order valence-corrected chi connectivity index (χ2v) is 7.50. The van der Waals surface area contributed by atoms with Gasteiger partial charge in [-0.05, 0) is 26.8 Å². The molecule has 0 radical (unpaired) electrons. The fourth-order valence-electron chi connectivity index (χ4n) is 3.47. The summed E-state index contributed by atoms with van der Waals surface area (Å²) in [5.41, 5.74) is 1.03. The molecule has 0 unspecified atom stereocenters. The number of benzene rings is 1. The first-order valence-electron chi connectivity index (χ1n) is 11.4. The van der Waals surface area contributed by atoms with Gasteiger partial charge in [-0.3, -0.25) is 9.69 Å². The molecule has 1 N–H and O–H groups in total. The number of nitrogens with zero attached hydrogens (tertiary/aromatic N) is 4. The smallest absolute Gasteiger partial charge is 0.242 e. The van der Waals surface area contributed by atoms with E-state index < -0.39 is 0 Å². The van der Waals surface area contributed by atoms with E-state index in [1.54, 1.807) is 0 Å². The van der Waals surface area contributed by atoms with Gasteiger partial charge in [0, 0.05) is 51.9 Å². The highest BCUT2D eigenvalue weighted by atomic mass is 127. The average Bonchev–Trinajstić information content (AvgIpc) is 2.79. The molecular formula is C23H40IN5O3. The summed E-state index contributed by atoms with van der Waals surface area (Å²) in [4.78, 5) is 23.3. The van der Waals surface area contributed by atoms with Crippen LogP contribution < -0.4 is 10.1 Å². The monoisotopic (exact) mass is 561 g/mol. The first kappa shape index (κ1) is 28.4. The molecule has 1 heterocycles. The topological polar surface area (TPSA) is 69.6 Å². The SMILES string of the molecule is CCNC(=NCc1ccccc1OCCN1CCOCC1)N(C)CC(=O)N(CC)CC.I. The van der Waals surface area contributed by atoms with Crippen molar-refractivity contribution < 1.29 is 14.3 Å². The quantitative estimate of drug-likeness (QED) is 0.254. The second kappa shape index (κ2) is 16.1. The van der Waals surface area contributed by atoms with Gasteiger partial charge in [0.1, 0.15) is 12.4 Å². The van der Waals surface area contributed by atoms with Crippen molar-refractivity contribution in [2.45, 2.75) is 27.3 Å². The van der Waals surface area contributed by atoms with Gasteiger partial charge in [-0.2, -0.15) is 0 Å². The van der Waals surface area contributed by atoms with Crippen LogP contribution in [0, 0.1) is 0 Å². The Balaban J connectivity index is 0.00000512. The number of carbonyl (C=O) groups is 1. The van der Waals surface area contributed by atoms with E-state index in [1.165, 1.54) is 0 Å².